The van der Waals surface area contributed by atoms with E-state index in [2.05, 4.69) is 40.9 Å². The van der Waals surface area contributed by atoms with Gasteiger partial charge in [0, 0.05) is 44.8 Å². The summed E-state index contributed by atoms with van der Waals surface area (Å²) in [5.74, 6) is 1.46. The zero-order chi connectivity index (χ0) is 18.9. The zero-order valence-electron chi connectivity index (χ0n) is 16.3. The van der Waals surface area contributed by atoms with E-state index in [0.29, 0.717) is 18.9 Å². The summed E-state index contributed by atoms with van der Waals surface area (Å²) < 4.78 is 5.78. The first-order valence-corrected chi connectivity index (χ1v) is 9.50. The van der Waals surface area contributed by atoms with Crippen LogP contribution in [0.15, 0.2) is 29.3 Å². The van der Waals surface area contributed by atoms with Gasteiger partial charge in [0.2, 0.25) is 5.91 Å². The number of hydrogen-bond donors (Lipinski definition) is 3. The first kappa shape index (κ1) is 20.2. The van der Waals surface area contributed by atoms with Crippen LogP contribution in [0.4, 0.5) is 5.69 Å². The summed E-state index contributed by atoms with van der Waals surface area (Å²) in [7, 11) is 1.76. The van der Waals surface area contributed by atoms with Gasteiger partial charge in [0.15, 0.2) is 5.96 Å². The number of amides is 1. The van der Waals surface area contributed by atoms with E-state index >= 15 is 0 Å². The third-order valence-corrected chi connectivity index (χ3v) is 4.69. The highest BCUT2D eigenvalue weighted by molar-refractivity contribution is 5.94. The Labute approximate surface area is 156 Å². The van der Waals surface area contributed by atoms with Crippen LogP contribution < -0.4 is 16.0 Å². The van der Waals surface area contributed by atoms with Gasteiger partial charge in [-0.05, 0) is 30.9 Å². The molecule has 2 rings (SSSR count). The molecule has 0 saturated heterocycles. The van der Waals surface area contributed by atoms with Gasteiger partial charge in [0.1, 0.15) is 0 Å². The van der Waals surface area contributed by atoms with Crippen molar-refractivity contribution in [2.45, 2.75) is 45.6 Å². The molecule has 1 amide bonds. The maximum atomic E-state index is 11.9. The first-order chi connectivity index (χ1) is 12.5. The van der Waals surface area contributed by atoms with Gasteiger partial charge in [-0.25, -0.2) is 0 Å². The van der Waals surface area contributed by atoms with Crippen LogP contribution in [0, 0.1) is 5.92 Å². The highest BCUT2D eigenvalue weighted by Crippen LogP contribution is 2.31. The van der Waals surface area contributed by atoms with Crippen LogP contribution in [0.1, 0.15) is 45.1 Å². The topological polar surface area (TPSA) is 74.8 Å². The summed E-state index contributed by atoms with van der Waals surface area (Å²) in [6, 6.07) is 7.98. The van der Waals surface area contributed by atoms with Crippen molar-refractivity contribution in [2.75, 3.05) is 32.1 Å². The molecule has 0 radical (unpaired) electrons. The van der Waals surface area contributed by atoms with Gasteiger partial charge in [-0.15, -0.1) is 0 Å². The lowest BCUT2D eigenvalue weighted by atomic mass is 9.90. The van der Waals surface area contributed by atoms with E-state index in [0.717, 1.165) is 31.2 Å². The number of hydrogen-bond acceptors (Lipinski definition) is 3. The Hall–Kier alpha value is -2.08. The molecule has 0 bridgehead atoms. The molecular weight excluding hydrogens is 328 g/mol. The van der Waals surface area contributed by atoms with Gasteiger partial charge in [-0.2, -0.15) is 0 Å². The number of rotatable bonds is 8. The Morgan fingerprint density at radius 3 is 2.81 bits per heavy atom. The van der Waals surface area contributed by atoms with E-state index in [1.165, 1.54) is 5.56 Å². The SMILES string of the molecule is CCOC(CCNC(=NC)NCC1CC(=O)Nc2ccccc21)C(C)C. The Morgan fingerprint density at radius 1 is 1.35 bits per heavy atom. The average molecular weight is 361 g/mol. The number of carbonyl (C=O) groups excluding carboxylic acids is 1. The molecule has 1 heterocycles. The van der Waals surface area contributed by atoms with E-state index < -0.39 is 0 Å². The fourth-order valence-corrected chi connectivity index (χ4v) is 3.28. The van der Waals surface area contributed by atoms with Gasteiger partial charge >= 0.3 is 0 Å². The van der Waals surface area contributed by atoms with Gasteiger partial charge < -0.3 is 20.7 Å². The number of guanidine groups is 1. The van der Waals surface area contributed by atoms with Crippen LogP contribution in [0.2, 0.25) is 0 Å². The Balaban J connectivity index is 1.85. The van der Waals surface area contributed by atoms with Gasteiger partial charge in [0.05, 0.1) is 6.10 Å². The number of ether oxygens (including phenoxy) is 1. The van der Waals surface area contributed by atoms with Crippen LogP contribution in [-0.2, 0) is 9.53 Å². The molecular formula is C20H32N4O2. The minimum atomic E-state index is 0.0648. The van der Waals surface area contributed by atoms with Crippen LogP contribution in [-0.4, -0.2) is 44.7 Å². The van der Waals surface area contributed by atoms with Crippen molar-refractivity contribution in [3.63, 3.8) is 0 Å². The molecule has 0 spiro atoms. The van der Waals surface area contributed by atoms with Crippen LogP contribution in [0.25, 0.3) is 0 Å². The van der Waals surface area contributed by atoms with E-state index in [1.807, 2.05) is 25.1 Å². The lowest BCUT2D eigenvalue weighted by Crippen LogP contribution is -2.42. The predicted octanol–water partition coefficient (Wildman–Crippen LogP) is 2.73. The third kappa shape index (κ3) is 5.73. The third-order valence-electron chi connectivity index (χ3n) is 4.69. The summed E-state index contributed by atoms with van der Waals surface area (Å²) in [6.07, 6.45) is 1.67. The second kappa shape index (κ2) is 10.2. The fraction of sp³-hybridized carbons (Fsp3) is 0.600. The lowest BCUT2D eigenvalue weighted by Gasteiger charge is -2.26. The predicted molar refractivity (Wildman–Crippen MR) is 107 cm³/mol. The van der Waals surface area contributed by atoms with Crippen molar-refractivity contribution < 1.29 is 9.53 Å². The molecule has 6 nitrogen and oxygen atoms in total. The molecule has 144 valence electrons. The molecule has 0 aromatic heterocycles. The maximum absolute atomic E-state index is 11.9. The van der Waals surface area contributed by atoms with E-state index in [4.69, 9.17) is 4.74 Å². The van der Waals surface area contributed by atoms with Crippen LogP contribution in [0.5, 0.6) is 0 Å². The molecule has 6 heteroatoms. The van der Waals surface area contributed by atoms with Crippen LogP contribution >= 0.6 is 0 Å². The van der Waals surface area contributed by atoms with Crippen molar-refractivity contribution in [2.24, 2.45) is 10.9 Å². The van der Waals surface area contributed by atoms with Gasteiger partial charge in [0.25, 0.3) is 0 Å². The lowest BCUT2D eigenvalue weighted by molar-refractivity contribution is -0.116. The highest BCUT2D eigenvalue weighted by Gasteiger charge is 2.24. The molecule has 1 aliphatic rings. The van der Waals surface area contributed by atoms with Gasteiger partial charge in [-0.1, -0.05) is 32.0 Å². The number of anilines is 1. The number of nitrogens with one attached hydrogen (secondary N) is 3. The number of benzene rings is 1. The molecule has 1 aliphatic heterocycles. The summed E-state index contributed by atoms with van der Waals surface area (Å²) in [5.41, 5.74) is 2.08. The minimum Gasteiger partial charge on any atom is -0.378 e. The zero-order valence-corrected chi connectivity index (χ0v) is 16.3. The van der Waals surface area contributed by atoms with Crippen molar-refractivity contribution >= 4 is 17.6 Å². The normalized spacial score (nSPS) is 18.3. The standard InChI is InChI=1S/C20H32N4O2/c1-5-26-18(14(2)3)10-11-22-20(21-4)23-13-15-12-19(25)24-17-9-7-6-8-16(15)17/h6-9,14-15,18H,5,10-13H2,1-4H3,(H,24,25)(H2,21,22,23). The van der Waals surface area contributed by atoms with Crippen molar-refractivity contribution in [1.82, 2.24) is 10.6 Å². The summed E-state index contributed by atoms with van der Waals surface area (Å²) in [5, 5.41) is 9.63. The minimum absolute atomic E-state index is 0.0648. The number of fused-ring (bicyclic) bond motifs is 1. The summed E-state index contributed by atoms with van der Waals surface area (Å²) in [6.45, 7) is 8.59. The monoisotopic (exact) mass is 360 g/mol. The Morgan fingerprint density at radius 2 is 2.12 bits per heavy atom. The smallest absolute Gasteiger partial charge is 0.225 e. The molecule has 0 fully saturated rings. The second-order valence-electron chi connectivity index (χ2n) is 6.94. The van der Waals surface area contributed by atoms with Crippen molar-refractivity contribution in [3.05, 3.63) is 29.8 Å². The molecule has 26 heavy (non-hydrogen) atoms. The number of carbonyl (C=O) groups is 1. The molecule has 1 aromatic carbocycles. The van der Waals surface area contributed by atoms with Crippen molar-refractivity contribution in [1.29, 1.82) is 0 Å². The van der Waals surface area contributed by atoms with Crippen molar-refractivity contribution in [3.8, 4) is 0 Å². The molecule has 0 saturated carbocycles. The molecule has 2 unspecified atom stereocenters. The fourth-order valence-electron chi connectivity index (χ4n) is 3.28. The first-order valence-electron chi connectivity index (χ1n) is 9.50. The average Bonchev–Trinajstić information content (AvgIpc) is 2.63. The van der Waals surface area contributed by atoms with E-state index in [1.54, 1.807) is 7.05 Å². The number of aliphatic imine (C=N–C) groups is 1. The second-order valence-corrected chi connectivity index (χ2v) is 6.94. The van der Waals surface area contributed by atoms with Gasteiger partial charge in [-0.3, -0.25) is 9.79 Å². The van der Waals surface area contributed by atoms with E-state index in [-0.39, 0.29) is 17.9 Å². The maximum Gasteiger partial charge on any atom is 0.225 e. The molecule has 1 aromatic rings. The van der Waals surface area contributed by atoms with E-state index in [9.17, 15) is 4.79 Å². The Kier molecular flexibility index (Phi) is 7.91. The summed E-state index contributed by atoms with van der Waals surface area (Å²) >= 11 is 0. The number of nitrogens with zero attached hydrogens (tertiary/aromatic N) is 1. The summed E-state index contributed by atoms with van der Waals surface area (Å²) in [4.78, 5) is 16.2. The molecule has 3 N–H and O–H groups in total. The largest absolute Gasteiger partial charge is 0.378 e. The molecule has 0 aliphatic carbocycles. The Bertz CT molecular complexity index is 616. The highest BCUT2D eigenvalue weighted by atomic mass is 16.5. The number of para-hydroxylation sites is 1. The quantitative estimate of drug-likeness (QED) is 0.492. The van der Waals surface area contributed by atoms with Crippen LogP contribution in [0.3, 0.4) is 0 Å². The molecule has 2 atom stereocenters.